The summed E-state index contributed by atoms with van der Waals surface area (Å²) in [6.07, 6.45) is -2.56. The molecule has 0 spiro atoms. The average molecular weight is 820 g/mol. The van der Waals surface area contributed by atoms with E-state index >= 15 is 8.78 Å². The van der Waals surface area contributed by atoms with Gasteiger partial charge < -0.3 is 10.4 Å². The molecule has 3 atom stereocenters. The molecule has 2 aliphatic rings. The van der Waals surface area contributed by atoms with E-state index < -0.39 is 81.3 Å². The smallest absolute Gasteiger partial charge is 0.293 e. The number of sulfonamides is 1. The summed E-state index contributed by atoms with van der Waals surface area (Å²) in [7, 11) is -2.30. The maximum Gasteiger partial charge on any atom is 0.293 e. The van der Waals surface area contributed by atoms with Crippen molar-refractivity contribution in [1.82, 2.24) is 29.9 Å². The van der Waals surface area contributed by atoms with Crippen molar-refractivity contribution in [2.24, 2.45) is 13.0 Å². The van der Waals surface area contributed by atoms with Crippen molar-refractivity contribution in [2.45, 2.75) is 63.1 Å². The van der Waals surface area contributed by atoms with Gasteiger partial charge in [-0.05, 0) is 74.4 Å². The van der Waals surface area contributed by atoms with Gasteiger partial charge in [0.25, 0.3) is 12.3 Å². The number of fused-ring (bicyclic) bond motifs is 4. The summed E-state index contributed by atoms with van der Waals surface area (Å²) in [5, 5.41) is 21.4. The van der Waals surface area contributed by atoms with E-state index in [0.29, 0.717) is 21.8 Å². The zero-order valence-corrected chi connectivity index (χ0v) is 31.5. The summed E-state index contributed by atoms with van der Waals surface area (Å²) in [4.78, 5) is 18.6. The summed E-state index contributed by atoms with van der Waals surface area (Å²) in [5.41, 5.74) is -2.23. The third-order valence-electron chi connectivity index (χ3n) is 9.42. The van der Waals surface area contributed by atoms with Crippen molar-refractivity contribution in [3.63, 3.8) is 0 Å². The number of nitrogens with zero attached hydrogens (tertiary/aromatic N) is 5. The first-order valence-corrected chi connectivity index (χ1v) is 19.3. The highest BCUT2D eigenvalue weighted by molar-refractivity contribution is 7.92. The molecular weight excluding hydrogens is 788 g/mol. The van der Waals surface area contributed by atoms with Gasteiger partial charge in [0, 0.05) is 35.7 Å². The molecule has 2 aliphatic carbocycles. The molecule has 3 heterocycles. The molecule has 0 saturated heterocycles. The van der Waals surface area contributed by atoms with Crippen LogP contribution in [0.3, 0.4) is 0 Å². The second-order valence-electron chi connectivity index (χ2n) is 14.4. The summed E-state index contributed by atoms with van der Waals surface area (Å²) >= 11 is 6.57. The van der Waals surface area contributed by atoms with Gasteiger partial charge in [-0.15, -0.1) is 0 Å². The Bertz CT molecular complexity index is 2590. The average Bonchev–Trinajstić information content (AvgIpc) is 3.62. The number of amides is 1. The van der Waals surface area contributed by atoms with Gasteiger partial charge >= 0.3 is 0 Å². The molecule has 294 valence electrons. The van der Waals surface area contributed by atoms with E-state index in [-0.39, 0.29) is 57.1 Å². The number of aliphatic hydroxyl groups is 1. The highest BCUT2D eigenvalue weighted by Crippen LogP contribution is 2.68. The summed E-state index contributed by atoms with van der Waals surface area (Å²) < 4.78 is 117. The number of nitrogens with one attached hydrogen (secondary N) is 2. The number of aryl methyl sites for hydroxylation is 1. The highest BCUT2D eigenvalue weighted by Gasteiger charge is 2.67. The van der Waals surface area contributed by atoms with Crippen molar-refractivity contribution < 1.29 is 44.7 Å². The maximum atomic E-state index is 15.4. The van der Waals surface area contributed by atoms with Crippen LogP contribution in [0, 0.1) is 29.4 Å². The predicted octanol–water partition coefficient (Wildman–Crippen LogP) is 6.50. The van der Waals surface area contributed by atoms with E-state index in [1.54, 1.807) is 12.1 Å². The number of aromatic nitrogens is 5. The van der Waals surface area contributed by atoms with Crippen molar-refractivity contribution in [1.29, 1.82) is 0 Å². The van der Waals surface area contributed by atoms with E-state index in [2.05, 4.69) is 32.1 Å². The lowest BCUT2D eigenvalue weighted by Crippen LogP contribution is -2.35. The minimum absolute atomic E-state index is 0.0193. The molecule has 56 heavy (non-hydrogen) atoms. The molecule has 0 bridgehead atoms. The Kier molecular flexibility index (Phi) is 9.65. The van der Waals surface area contributed by atoms with E-state index in [1.807, 2.05) is 0 Å². The Hall–Kier alpha value is -5.12. The van der Waals surface area contributed by atoms with Gasteiger partial charge in [-0.1, -0.05) is 23.6 Å². The molecule has 3 aromatic heterocycles. The van der Waals surface area contributed by atoms with Crippen LogP contribution in [0.2, 0.25) is 5.02 Å². The Labute approximate surface area is 321 Å². The third kappa shape index (κ3) is 7.54. The number of pyridine rings is 1. The Morgan fingerprint density at radius 2 is 1.77 bits per heavy atom. The van der Waals surface area contributed by atoms with Gasteiger partial charge in [0.2, 0.25) is 15.9 Å². The van der Waals surface area contributed by atoms with Crippen molar-refractivity contribution in [3.8, 4) is 23.0 Å². The van der Waals surface area contributed by atoms with Gasteiger partial charge in [0.1, 0.15) is 40.9 Å². The number of benzene rings is 2. The SMILES string of the molecule is Cn1nc(NS(C)(=O)=O)c2c(Cl)ccc(-c3ccc(C#CC(C)(C)O)nc3C(Cc3cc(F)cc(F)c3)NC(=O)Cn3nc(C(F)F)c4c3C(F)(F)[C@@H]3C[C@H]43)c21. The zero-order valence-electron chi connectivity index (χ0n) is 29.9. The molecule has 0 aliphatic heterocycles. The largest absolute Gasteiger partial charge is 0.378 e. The first-order valence-electron chi connectivity index (χ1n) is 17.0. The van der Waals surface area contributed by atoms with Crippen LogP contribution in [0.1, 0.15) is 72.6 Å². The number of anilines is 1. The number of carbonyl (C=O) groups is 1. The van der Waals surface area contributed by atoms with Gasteiger partial charge in [-0.2, -0.15) is 19.0 Å². The zero-order chi connectivity index (χ0) is 40.6. The van der Waals surface area contributed by atoms with Crippen LogP contribution in [-0.4, -0.2) is 55.8 Å². The molecule has 5 aromatic rings. The van der Waals surface area contributed by atoms with Crippen LogP contribution in [0.4, 0.5) is 32.2 Å². The molecule has 3 N–H and O–H groups in total. The minimum atomic E-state index is -3.83. The highest BCUT2D eigenvalue weighted by atomic mass is 35.5. The Morgan fingerprint density at radius 3 is 2.41 bits per heavy atom. The number of hydrogen-bond donors (Lipinski definition) is 3. The van der Waals surface area contributed by atoms with E-state index in [4.69, 9.17) is 16.6 Å². The molecule has 1 saturated carbocycles. The summed E-state index contributed by atoms with van der Waals surface area (Å²) in [6, 6.07) is 7.47. The molecule has 1 fully saturated rings. The molecule has 19 heteroatoms. The summed E-state index contributed by atoms with van der Waals surface area (Å²) in [5.74, 6) is -3.02. The van der Waals surface area contributed by atoms with E-state index in [1.165, 1.54) is 37.7 Å². The molecule has 11 nitrogen and oxygen atoms in total. The van der Waals surface area contributed by atoms with Crippen LogP contribution in [0.15, 0.2) is 42.5 Å². The van der Waals surface area contributed by atoms with Crippen LogP contribution >= 0.6 is 11.6 Å². The van der Waals surface area contributed by atoms with Crippen LogP contribution in [-0.2, 0) is 40.8 Å². The molecule has 7 rings (SSSR count). The van der Waals surface area contributed by atoms with Gasteiger partial charge in [-0.25, -0.2) is 31.0 Å². The Morgan fingerprint density at radius 1 is 1.09 bits per heavy atom. The molecule has 1 amide bonds. The van der Waals surface area contributed by atoms with Crippen LogP contribution < -0.4 is 10.0 Å². The van der Waals surface area contributed by atoms with Crippen molar-refractivity contribution in [2.75, 3.05) is 11.0 Å². The summed E-state index contributed by atoms with van der Waals surface area (Å²) in [6.45, 7) is 1.95. The van der Waals surface area contributed by atoms with Gasteiger partial charge in [-0.3, -0.25) is 18.9 Å². The van der Waals surface area contributed by atoms with Crippen molar-refractivity contribution in [3.05, 3.63) is 93.0 Å². The molecule has 0 radical (unpaired) electrons. The lowest BCUT2D eigenvalue weighted by Gasteiger charge is -2.23. The minimum Gasteiger partial charge on any atom is -0.378 e. The normalized spacial score (nSPS) is 17.7. The fraction of sp³-hybridized carbons (Fsp3) is 0.351. The number of rotatable bonds is 10. The van der Waals surface area contributed by atoms with Gasteiger partial charge in [0.15, 0.2) is 5.82 Å². The maximum absolute atomic E-state index is 15.4. The predicted molar refractivity (Wildman–Crippen MR) is 193 cm³/mol. The van der Waals surface area contributed by atoms with Crippen LogP contribution in [0.25, 0.3) is 22.0 Å². The molecule has 2 aromatic carbocycles. The first kappa shape index (κ1) is 39.1. The third-order valence-corrected chi connectivity index (χ3v) is 10.3. The fourth-order valence-electron chi connectivity index (χ4n) is 7.23. The second kappa shape index (κ2) is 13.8. The standard InChI is InChI=1S/C37H32ClF6N7O4S/c1-36(2,53)10-9-20-5-6-21(22-7-8-25(38)29-32(22)50(3)48-35(29)49-56(4,54)55)30(45-20)26(13-17-11-18(39)14-19(40)12-17)46-27(52)16-51-33-28(31(47-51)34(41)42)23-15-24(23)37(33,43)44/h5-8,11-12,14,23-24,26,34,53H,13,15-16H2,1-4H3,(H,46,52)(H,48,49)/t23-,24+,26?/m0/s1. The van der Waals surface area contributed by atoms with E-state index in [9.17, 15) is 35.9 Å². The lowest BCUT2D eigenvalue weighted by molar-refractivity contribution is -0.123. The number of halogens is 7. The quantitative estimate of drug-likeness (QED) is 0.108. The molecule has 1 unspecified atom stereocenters. The lowest BCUT2D eigenvalue weighted by atomic mass is 9.93. The number of carbonyl (C=O) groups excluding carboxylic acids is 1. The molecular formula is C37H32ClF6N7O4S. The topological polar surface area (TPSA) is 144 Å². The van der Waals surface area contributed by atoms with E-state index in [0.717, 1.165) is 18.4 Å². The number of alkyl halides is 4. The Balaban J connectivity index is 1.39. The second-order valence-corrected chi connectivity index (χ2v) is 16.5. The number of hydrogen-bond acceptors (Lipinski definition) is 7. The monoisotopic (exact) mass is 819 g/mol. The first-order chi connectivity index (χ1) is 26.1. The fourth-order valence-corrected chi connectivity index (χ4v) is 7.97. The van der Waals surface area contributed by atoms with Gasteiger partial charge in [0.05, 0.1) is 33.9 Å². The van der Waals surface area contributed by atoms with Crippen molar-refractivity contribution >= 4 is 44.3 Å². The van der Waals surface area contributed by atoms with Crippen LogP contribution in [0.5, 0.6) is 0 Å².